The molecule has 67 heavy (non-hydrogen) atoms. The van der Waals surface area contributed by atoms with Crippen molar-refractivity contribution in [1.82, 2.24) is 0 Å². The molecule has 0 aromatic carbocycles. The minimum absolute atomic E-state index is 0.779. The minimum atomic E-state index is -2.21. The van der Waals surface area contributed by atoms with Crippen LogP contribution in [0.2, 0.25) is 0 Å². The lowest BCUT2D eigenvalue weighted by atomic mass is 9.95. The molecule has 0 spiro atoms. The average molecular weight is 990 g/mol. The van der Waals surface area contributed by atoms with Crippen LogP contribution in [0.1, 0.15) is 0 Å². The van der Waals surface area contributed by atoms with Crippen molar-refractivity contribution >= 4 is 0 Å². The molecule has 392 valence electrons. The highest BCUT2D eigenvalue weighted by Gasteiger charge is 2.58. The van der Waals surface area contributed by atoms with E-state index in [1.807, 2.05) is 0 Å². The summed E-state index contributed by atoms with van der Waals surface area (Å²) >= 11 is 0. The van der Waals surface area contributed by atoms with Crippen molar-refractivity contribution in [2.24, 2.45) is 5.73 Å². The molecule has 6 heterocycles. The van der Waals surface area contributed by atoms with Gasteiger partial charge in [-0.1, -0.05) is 0 Å². The molecule has 0 radical (unpaired) electrons. The first-order valence-corrected chi connectivity index (χ1v) is 21.2. The molecule has 30 atom stereocenters. The fourth-order valence-electron chi connectivity index (χ4n) is 8.45. The summed E-state index contributed by atoms with van der Waals surface area (Å²) in [5.41, 5.74) is 5.76. The Morgan fingerprint density at radius 3 is 1.27 bits per heavy atom. The zero-order chi connectivity index (χ0) is 49.3. The fourth-order valence-corrected chi connectivity index (χ4v) is 8.45. The van der Waals surface area contributed by atoms with E-state index in [9.17, 15) is 97.0 Å². The summed E-state index contributed by atoms with van der Waals surface area (Å²) in [5, 5.41) is 200. The molecule has 1 unspecified atom stereocenters. The van der Waals surface area contributed by atoms with E-state index >= 15 is 0 Å². The monoisotopic (exact) mass is 989 g/mol. The number of nitrogens with two attached hydrogens (primary N) is 1. The van der Waals surface area contributed by atoms with Crippen LogP contribution in [0.15, 0.2) is 0 Å². The SMILES string of the molecule is N[C@H]1C(O)O[C@H](CO)[C@@H](O[C@H]2O[C@H](CO)[C@@H](O)[C@H](O[C@H]3O[C@H](CO)[C@@H](O)[C@H](O[C@H]4O[C@@H]([C@H](O)CO)[C@H](O[C@H]5O[C@H](CO[C@H]6O[C@H](CO)[C@H](O)[C@H](O)[C@H]6O)[C@H](O)[C@H](O)[C@H]5O)[C@H]4O)[C@@H]3O)[C@@H]2O)[C@@H]1O. The highest BCUT2D eigenvalue weighted by atomic mass is 16.8. The molecular weight excluding hydrogens is 926 g/mol. The maximum atomic E-state index is 11.5. The van der Waals surface area contributed by atoms with Gasteiger partial charge in [-0.25, -0.2) is 0 Å². The average Bonchev–Trinajstić information content (AvgIpc) is 3.62. The second-order valence-electron chi connectivity index (χ2n) is 16.9. The zero-order valence-corrected chi connectivity index (χ0v) is 35.1. The Labute approximate surface area is 378 Å². The van der Waals surface area contributed by atoms with E-state index < -0.39 is 224 Å². The lowest BCUT2D eigenvalue weighted by Gasteiger charge is -2.48. The first-order chi connectivity index (χ1) is 31.7. The Balaban J connectivity index is 1.15. The van der Waals surface area contributed by atoms with E-state index in [1.54, 1.807) is 0 Å². The smallest absolute Gasteiger partial charge is 0.187 e. The van der Waals surface area contributed by atoms with E-state index in [4.69, 9.17) is 57.8 Å². The van der Waals surface area contributed by atoms with Crippen LogP contribution in [-0.2, 0) is 52.1 Å². The predicted octanol–water partition coefficient (Wildman–Crippen LogP) is -14.1. The molecule has 6 rings (SSSR count). The van der Waals surface area contributed by atoms with E-state index in [0.29, 0.717) is 0 Å². The van der Waals surface area contributed by atoms with Gasteiger partial charge in [-0.3, -0.25) is 0 Å². The number of aliphatic hydroxyl groups excluding tert-OH is 19. The van der Waals surface area contributed by atoms with Crippen LogP contribution in [-0.4, -0.2) is 321 Å². The molecular formula is C36H63NO30. The molecule has 0 bridgehead atoms. The second-order valence-corrected chi connectivity index (χ2v) is 16.9. The molecule has 6 aliphatic rings. The van der Waals surface area contributed by atoms with Crippen LogP contribution >= 0.6 is 0 Å². The molecule has 6 saturated heterocycles. The van der Waals surface area contributed by atoms with Gasteiger partial charge in [0.05, 0.1) is 45.7 Å². The van der Waals surface area contributed by atoms with Gasteiger partial charge < -0.3 is 155 Å². The third-order valence-electron chi connectivity index (χ3n) is 12.5. The lowest BCUT2D eigenvalue weighted by Crippen LogP contribution is -2.67. The summed E-state index contributed by atoms with van der Waals surface area (Å²) in [6, 6.07) is -1.47. The van der Waals surface area contributed by atoms with Crippen LogP contribution in [0, 0.1) is 0 Å². The number of ether oxygens (including phenoxy) is 11. The Bertz CT molecular complexity index is 1510. The highest BCUT2D eigenvalue weighted by Crippen LogP contribution is 2.37. The Kier molecular flexibility index (Phi) is 19.4. The molecule has 0 amide bonds. The molecule has 0 aromatic heterocycles. The van der Waals surface area contributed by atoms with Gasteiger partial charge in [0.1, 0.15) is 140 Å². The van der Waals surface area contributed by atoms with Crippen molar-refractivity contribution in [2.45, 2.75) is 184 Å². The van der Waals surface area contributed by atoms with Crippen LogP contribution in [0.4, 0.5) is 0 Å². The van der Waals surface area contributed by atoms with E-state index in [1.165, 1.54) is 0 Å². The molecule has 6 fully saturated rings. The summed E-state index contributed by atoms with van der Waals surface area (Å²) in [7, 11) is 0. The van der Waals surface area contributed by atoms with Gasteiger partial charge in [0, 0.05) is 0 Å². The fraction of sp³-hybridized carbons (Fsp3) is 1.00. The number of rotatable bonds is 17. The van der Waals surface area contributed by atoms with Gasteiger partial charge in [-0.2, -0.15) is 0 Å². The van der Waals surface area contributed by atoms with Gasteiger partial charge >= 0.3 is 0 Å². The molecule has 0 aliphatic carbocycles. The highest BCUT2D eigenvalue weighted by molar-refractivity contribution is 5.00. The van der Waals surface area contributed by atoms with Gasteiger partial charge in [0.15, 0.2) is 37.7 Å². The van der Waals surface area contributed by atoms with Crippen molar-refractivity contribution < 1.29 is 149 Å². The Morgan fingerprint density at radius 1 is 0.373 bits per heavy atom. The third-order valence-corrected chi connectivity index (χ3v) is 12.5. The summed E-state index contributed by atoms with van der Waals surface area (Å²) in [4.78, 5) is 0. The van der Waals surface area contributed by atoms with Gasteiger partial charge in [0.2, 0.25) is 0 Å². The van der Waals surface area contributed by atoms with Crippen molar-refractivity contribution in [3.05, 3.63) is 0 Å². The maximum absolute atomic E-state index is 11.5. The molecule has 0 saturated carbocycles. The molecule has 0 aromatic rings. The van der Waals surface area contributed by atoms with Gasteiger partial charge in [0.25, 0.3) is 0 Å². The lowest BCUT2D eigenvalue weighted by molar-refractivity contribution is -0.380. The minimum Gasteiger partial charge on any atom is -0.394 e. The van der Waals surface area contributed by atoms with Crippen LogP contribution in [0.5, 0.6) is 0 Å². The van der Waals surface area contributed by atoms with E-state index in [0.717, 1.165) is 0 Å². The van der Waals surface area contributed by atoms with Crippen LogP contribution in [0.3, 0.4) is 0 Å². The topological polar surface area (TPSA) is 512 Å². The Hall–Kier alpha value is -1.24. The summed E-state index contributed by atoms with van der Waals surface area (Å²) < 4.78 is 61.0. The largest absolute Gasteiger partial charge is 0.394 e. The van der Waals surface area contributed by atoms with Crippen molar-refractivity contribution in [1.29, 1.82) is 0 Å². The number of aliphatic hydroxyl groups is 19. The van der Waals surface area contributed by atoms with E-state index in [2.05, 4.69) is 0 Å². The van der Waals surface area contributed by atoms with Gasteiger partial charge in [-0.05, 0) is 0 Å². The Morgan fingerprint density at radius 2 is 0.761 bits per heavy atom. The molecule has 31 nitrogen and oxygen atoms in total. The second kappa shape index (κ2) is 23.5. The number of hydrogen-bond donors (Lipinski definition) is 20. The maximum Gasteiger partial charge on any atom is 0.187 e. The summed E-state index contributed by atoms with van der Waals surface area (Å²) in [5.74, 6) is 0. The summed E-state index contributed by atoms with van der Waals surface area (Å²) in [6.07, 6.45) is -54.2. The van der Waals surface area contributed by atoms with Crippen molar-refractivity contribution in [3.63, 3.8) is 0 Å². The predicted molar refractivity (Wildman–Crippen MR) is 201 cm³/mol. The molecule has 21 N–H and O–H groups in total. The van der Waals surface area contributed by atoms with Crippen molar-refractivity contribution in [2.75, 3.05) is 39.6 Å². The van der Waals surface area contributed by atoms with Gasteiger partial charge in [-0.15, -0.1) is 0 Å². The quantitative estimate of drug-likeness (QED) is 0.0643. The first-order valence-electron chi connectivity index (χ1n) is 21.2. The summed E-state index contributed by atoms with van der Waals surface area (Å²) in [6.45, 7) is -5.43. The molecule has 31 heteroatoms. The zero-order valence-electron chi connectivity index (χ0n) is 35.1. The number of hydrogen-bond acceptors (Lipinski definition) is 31. The normalized spacial score (nSPS) is 52.6. The van der Waals surface area contributed by atoms with E-state index in [-0.39, 0.29) is 0 Å². The standard InChI is InChI=1S/C36H63NO30/c37-13-18(48)27(11(5-42)58-31(13)56)64-34-23(53)28(16(46)9(3-40)60-34)65-35-24(54)29(17(47)10(4-41)61-35)66-36-25(55)30(26(63-36)7(43)1-38)67-33-22(52)20(50)15(45)12(62-33)6-57-32-21(51)19(49)14(44)8(2-39)59-32/h7-36,38-56H,1-6,37H2/t7-,8-,9-,10-,11-,12-,13-,14+,15+,16-,17-,18-,19+,20+,21-,22-,23+,24+,25-,26+,27-,28+,29+,30-,31?,32+,33-,34-,35-,36-/m1/s1. The van der Waals surface area contributed by atoms with Crippen molar-refractivity contribution in [3.8, 4) is 0 Å². The third kappa shape index (κ3) is 11.4. The first kappa shape index (κ1) is 55.1. The molecule has 6 aliphatic heterocycles. The van der Waals surface area contributed by atoms with Crippen LogP contribution < -0.4 is 5.73 Å². The van der Waals surface area contributed by atoms with Crippen LogP contribution in [0.25, 0.3) is 0 Å².